The third kappa shape index (κ3) is 4.91. The van der Waals surface area contributed by atoms with Crippen molar-refractivity contribution in [2.45, 2.75) is 6.92 Å². The van der Waals surface area contributed by atoms with Gasteiger partial charge in [0.25, 0.3) is 5.56 Å². The largest absolute Gasteiger partial charge is 0.335 e. The SMILES string of the molecule is Cc1cccc(C(=O)c2c(NC(=O)NNS(C)(=O)=O)sc3c2ccc(=O)n3-c2ccccc2)c1. The number of nitrogens with one attached hydrogen (secondary N) is 3. The first-order valence-corrected chi connectivity index (χ1v) is 12.7. The molecule has 4 aromatic rings. The Morgan fingerprint density at radius 3 is 2.38 bits per heavy atom. The molecular formula is C23H20N4O5S2. The second-order valence-electron chi connectivity index (χ2n) is 7.52. The van der Waals surface area contributed by atoms with Crippen molar-refractivity contribution in [2.75, 3.05) is 11.6 Å². The molecule has 2 heterocycles. The molecule has 2 aromatic carbocycles. The molecule has 0 aliphatic heterocycles. The number of urea groups is 1. The normalized spacial score (nSPS) is 11.4. The van der Waals surface area contributed by atoms with Crippen molar-refractivity contribution in [3.63, 3.8) is 0 Å². The molecule has 34 heavy (non-hydrogen) atoms. The Bertz CT molecular complexity index is 1570. The fourth-order valence-corrected chi connectivity index (χ4v) is 4.91. The van der Waals surface area contributed by atoms with Crippen molar-refractivity contribution in [3.05, 3.63) is 93.8 Å². The van der Waals surface area contributed by atoms with Gasteiger partial charge in [0.05, 0.1) is 17.5 Å². The molecular weight excluding hydrogens is 476 g/mol. The van der Waals surface area contributed by atoms with E-state index in [-0.39, 0.29) is 21.9 Å². The maximum atomic E-state index is 13.6. The Balaban J connectivity index is 1.90. The maximum Gasteiger partial charge on any atom is 0.335 e. The summed E-state index contributed by atoms with van der Waals surface area (Å²) in [4.78, 5) is 41.1. The number of para-hydroxylation sites is 1. The third-order valence-corrected chi connectivity index (χ3v) is 6.42. The summed E-state index contributed by atoms with van der Waals surface area (Å²) in [5.74, 6) is -0.348. The van der Waals surface area contributed by atoms with E-state index in [1.807, 2.05) is 29.3 Å². The number of amides is 2. The second kappa shape index (κ2) is 9.21. The molecule has 0 bridgehead atoms. The van der Waals surface area contributed by atoms with Crippen LogP contribution in [0.1, 0.15) is 21.5 Å². The molecule has 0 radical (unpaired) electrons. The Morgan fingerprint density at radius 2 is 1.71 bits per heavy atom. The number of aryl methyl sites for hydroxylation is 1. The lowest BCUT2D eigenvalue weighted by Crippen LogP contribution is -2.43. The predicted octanol–water partition coefficient (Wildman–Crippen LogP) is 3.18. The highest BCUT2D eigenvalue weighted by Gasteiger charge is 2.24. The minimum absolute atomic E-state index is 0.171. The van der Waals surface area contributed by atoms with Crippen LogP contribution in [0.15, 0.2) is 71.5 Å². The van der Waals surface area contributed by atoms with Crippen LogP contribution in [0, 0.1) is 6.92 Å². The molecule has 2 aromatic heterocycles. The van der Waals surface area contributed by atoms with Crippen molar-refractivity contribution in [1.29, 1.82) is 0 Å². The van der Waals surface area contributed by atoms with Crippen LogP contribution in [0.2, 0.25) is 0 Å². The van der Waals surface area contributed by atoms with Crippen molar-refractivity contribution < 1.29 is 18.0 Å². The van der Waals surface area contributed by atoms with Gasteiger partial charge in [-0.05, 0) is 31.2 Å². The van der Waals surface area contributed by atoms with Gasteiger partial charge in [0.1, 0.15) is 9.83 Å². The van der Waals surface area contributed by atoms with Gasteiger partial charge in [-0.25, -0.2) is 13.2 Å². The number of carbonyl (C=O) groups excluding carboxylic acids is 2. The predicted molar refractivity (Wildman–Crippen MR) is 132 cm³/mol. The maximum absolute atomic E-state index is 13.6. The van der Waals surface area contributed by atoms with E-state index in [0.717, 1.165) is 23.2 Å². The van der Waals surface area contributed by atoms with E-state index in [4.69, 9.17) is 0 Å². The number of ketones is 1. The first-order chi connectivity index (χ1) is 16.1. The number of rotatable bonds is 6. The molecule has 174 valence electrons. The van der Waals surface area contributed by atoms with Crippen LogP contribution in [-0.2, 0) is 10.0 Å². The summed E-state index contributed by atoms with van der Waals surface area (Å²) in [5.41, 5.74) is 3.82. The summed E-state index contributed by atoms with van der Waals surface area (Å²) in [5, 5.41) is 3.19. The molecule has 9 nitrogen and oxygen atoms in total. The molecule has 4 rings (SSSR count). The average Bonchev–Trinajstić information content (AvgIpc) is 3.14. The van der Waals surface area contributed by atoms with Crippen molar-refractivity contribution in [3.8, 4) is 5.69 Å². The van der Waals surface area contributed by atoms with Gasteiger partial charge in [-0.3, -0.25) is 24.9 Å². The summed E-state index contributed by atoms with van der Waals surface area (Å²) in [6, 6.07) is 18.0. The van der Waals surface area contributed by atoms with Crippen molar-refractivity contribution in [1.82, 2.24) is 14.8 Å². The van der Waals surface area contributed by atoms with Gasteiger partial charge < -0.3 is 0 Å². The van der Waals surface area contributed by atoms with Crippen LogP contribution < -0.4 is 21.1 Å². The molecule has 0 spiro atoms. The molecule has 0 fully saturated rings. The molecule has 0 unspecified atom stereocenters. The van der Waals surface area contributed by atoms with Gasteiger partial charge in [0, 0.05) is 17.0 Å². The number of benzene rings is 2. The number of nitrogens with zero attached hydrogens (tertiary/aromatic N) is 1. The van der Waals surface area contributed by atoms with Crippen LogP contribution in [-0.4, -0.2) is 31.1 Å². The summed E-state index contributed by atoms with van der Waals surface area (Å²) in [6.07, 6.45) is 0.887. The fraction of sp³-hybridized carbons (Fsp3) is 0.0870. The molecule has 2 amide bonds. The fourth-order valence-electron chi connectivity index (χ4n) is 3.42. The highest BCUT2D eigenvalue weighted by Crippen LogP contribution is 2.37. The van der Waals surface area contributed by atoms with E-state index in [2.05, 4.69) is 5.32 Å². The number of hydrogen-bond acceptors (Lipinski definition) is 6. The topological polar surface area (TPSA) is 126 Å². The van der Waals surface area contributed by atoms with Crippen LogP contribution >= 0.6 is 11.3 Å². The number of thiophene rings is 1. The molecule has 11 heteroatoms. The van der Waals surface area contributed by atoms with Crippen LogP contribution in [0.5, 0.6) is 0 Å². The van der Waals surface area contributed by atoms with Gasteiger partial charge in [-0.15, -0.1) is 4.83 Å². The minimum atomic E-state index is -3.69. The Hall–Kier alpha value is -3.80. The number of sulfonamides is 1. The van der Waals surface area contributed by atoms with Gasteiger partial charge in [-0.1, -0.05) is 53.3 Å². The summed E-state index contributed by atoms with van der Waals surface area (Å²) < 4.78 is 24.1. The molecule has 0 aliphatic rings. The zero-order valence-corrected chi connectivity index (χ0v) is 19.8. The van der Waals surface area contributed by atoms with E-state index in [9.17, 15) is 22.8 Å². The highest BCUT2D eigenvalue weighted by atomic mass is 32.2. The Kier molecular flexibility index (Phi) is 6.33. The lowest BCUT2D eigenvalue weighted by Gasteiger charge is -2.09. The molecule has 0 aliphatic carbocycles. The number of hydrogen-bond donors (Lipinski definition) is 3. The number of carbonyl (C=O) groups is 2. The average molecular weight is 497 g/mol. The van der Waals surface area contributed by atoms with Gasteiger partial charge >= 0.3 is 6.03 Å². The summed E-state index contributed by atoms with van der Waals surface area (Å²) in [7, 11) is -3.69. The van der Waals surface area contributed by atoms with Gasteiger partial charge in [0.2, 0.25) is 10.0 Å². The number of pyridine rings is 1. The first-order valence-electron chi connectivity index (χ1n) is 10.0. The minimum Gasteiger partial charge on any atom is -0.298 e. The number of anilines is 1. The zero-order valence-electron chi connectivity index (χ0n) is 18.2. The van der Waals surface area contributed by atoms with Crippen LogP contribution in [0.3, 0.4) is 0 Å². The molecule has 0 saturated carbocycles. The quantitative estimate of drug-likeness (QED) is 0.279. The van der Waals surface area contributed by atoms with E-state index in [1.54, 1.807) is 48.5 Å². The van der Waals surface area contributed by atoms with E-state index >= 15 is 0 Å². The monoisotopic (exact) mass is 496 g/mol. The van der Waals surface area contributed by atoms with Gasteiger partial charge in [-0.2, -0.15) is 0 Å². The Morgan fingerprint density at radius 1 is 0.971 bits per heavy atom. The van der Waals surface area contributed by atoms with E-state index in [0.29, 0.717) is 21.5 Å². The second-order valence-corrected chi connectivity index (χ2v) is 10.3. The molecule has 0 atom stereocenters. The van der Waals surface area contributed by atoms with Crippen molar-refractivity contribution in [2.24, 2.45) is 0 Å². The summed E-state index contributed by atoms with van der Waals surface area (Å²) in [6.45, 7) is 1.86. The number of hydrazine groups is 1. The lowest BCUT2D eigenvalue weighted by molar-refractivity contribution is 0.104. The smallest absolute Gasteiger partial charge is 0.298 e. The van der Waals surface area contributed by atoms with Crippen molar-refractivity contribution >= 4 is 48.4 Å². The van der Waals surface area contributed by atoms with E-state index < -0.39 is 16.1 Å². The Labute approximate surface area is 199 Å². The highest BCUT2D eigenvalue weighted by molar-refractivity contribution is 7.88. The zero-order chi connectivity index (χ0) is 24.5. The lowest BCUT2D eigenvalue weighted by atomic mass is 10.0. The van der Waals surface area contributed by atoms with Gasteiger partial charge in [0.15, 0.2) is 5.78 Å². The van der Waals surface area contributed by atoms with Crippen LogP contribution in [0.4, 0.5) is 9.80 Å². The summed E-state index contributed by atoms with van der Waals surface area (Å²) >= 11 is 1.04. The third-order valence-electron chi connectivity index (χ3n) is 4.84. The number of fused-ring (bicyclic) bond motifs is 1. The standard InChI is InChI=1S/C23H20N4O5S2/c1-14-7-6-8-15(13-14)20(29)19-17-11-12-18(28)27(16-9-4-3-5-10-16)22(17)33-21(19)24-23(30)25-26-34(2,31)32/h3-13,26H,1-2H3,(H2,24,25,30). The van der Waals surface area contributed by atoms with Crippen LogP contribution in [0.25, 0.3) is 15.9 Å². The molecule has 3 N–H and O–H groups in total. The molecule has 0 saturated heterocycles. The first kappa shape index (κ1) is 23.4. The van der Waals surface area contributed by atoms with E-state index in [1.165, 1.54) is 10.6 Å². The number of aromatic nitrogens is 1.